The highest BCUT2D eigenvalue weighted by atomic mass is 127. The van der Waals surface area contributed by atoms with Crippen molar-refractivity contribution in [3.8, 4) is 23.0 Å². The first-order valence-corrected chi connectivity index (χ1v) is 17.9. The van der Waals surface area contributed by atoms with Gasteiger partial charge in [-0.3, -0.25) is 9.20 Å². The van der Waals surface area contributed by atoms with E-state index >= 15 is 8.78 Å². The first-order valence-electron chi connectivity index (χ1n) is 17.9. The Morgan fingerprint density at radius 2 is 1.78 bits per heavy atom. The minimum Gasteiger partial charge on any atom is -0.465 e. The number of hydrogen-bond donors (Lipinski definition) is 3. The van der Waals surface area contributed by atoms with E-state index in [0.29, 0.717) is 66.3 Å². The van der Waals surface area contributed by atoms with Crippen LogP contribution in [0.4, 0.5) is 25.1 Å². The van der Waals surface area contributed by atoms with Crippen LogP contribution < -0.4 is 15.4 Å². The molecule has 13 nitrogen and oxygen atoms in total. The number of ether oxygens (including phenoxy) is 1. The number of imidazole rings is 1. The quantitative estimate of drug-likeness (QED) is 0.0969. The number of carboxylic acid groups (broad SMARTS) is 1. The average Bonchev–Trinajstić information content (AvgIpc) is 3.82. The molecule has 2 aliphatic heterocycles. The predicted molar refractivity (Wildman–Crippen MR) is 209 cm³/mol. The zero-order chi connectivity index (χ0) is 37.1. The topological polar surface area (TPSA) is 147 Å². The molecule has 3 N–H and O–H groups in total. The van der Waals surface area contributed by atoms with E-state index in [1.807, 2.05) is 19.1 Å². The molecular formula is C38H43F2IN9O4+. The molecule has 0 bridgehead atoms. The van der Waals surface area contributed by atoms with Crippen LogP contribution in [0.3, 0.4) is 0 Å². The van der Waals surface area contributed by atoms with Crippen molar-refractivity contribution >= 4 is 53.1 Å². The van der Waals surface area contributed by atoms with Crippen molar-refractivity contribution in [2.24, 2.45) is 11.8 Å². The van der Waals surface area contributed by atoms with E-state index < -0.39 is 17.7 Å². The van der Waals surface area contributed by atoms with Gasteiger partial charge in [-0.15, -0.1) is 24.0 Å². The Hall–Kier alpha value is -4.97. The van der Waals surface area contributed by atoms with Crippen molar-refractivity contribution in [3.63, 3.8) is 0 Å². The summed E-state index contributed by atoms with van der Waals surface area (Å²) in [7, 11) is 2.27. The molecule has 5 aromatic rings. The Morgan fingerprint density at radius 3 is 2.50 bits per heavy atom. The second-order valence-electron chi connectivity index (χ2n) is 14.1. The molecule has 2 saturated heterocycles. The maximum absolute atomic E-state index is 15.4. The number of carbonyl (C=O) groups excluding carboxylic acids is 1. The Balaban J connectivity index is 0.00000497. The fraction of sp³-hybridized carbons (Fsp3) is 0.368. The third-order valence-corrected chi connectivity index (χ3v) is 10.4. The summed E-state index contributed by atoms with van der Waals surface area (Å²) >= 11 is 0. The summed E-state index contributed by atoms with van der Waals surface area (Å²) in [4.78, 5) is 42.9. The van der Waals surface area contributed by atoms with E-state index in [0.717, 1.165) is 48.9 Å². The second kappa shape index (κ2) is 16.6. The van der Waals surface area contributed by atoms with Crippen LogP contribution in [-0.4, -0.2) is 97.1 Å². The summed E-state index contributed by atoms with van der Waals surface area (Å²) in [6, 6.07) is 9.72. The molecule has 1 unspecified atom stereocenters. The molecule has 284 valence electrons. The van der Waals surface area contributed by atoms with Crippen LogP contribution in [0.2, 0.25) is 0 Å². The fourth-order valence-corrected chi connectivity index (χ4v) is 7.52. The van der Waals surface area contributed by atoms with Gasteiger partial charge in [0.15, 0.2) is 23.0 Å². The lowest BCUT2D eigenvalue weighted by Gasteiger charge is -2.42. The first kappa shape index (κ1) is 38.7. The van der Waals surface area contributed by atoms with Gasteiger partial charge in [0.1, 0.15) is 0 Å². The first-order chi connectivity index (χ1) is 25.6. The number of hydrogen-bond acceptors (Lipinski definition) is 8. The number of anilines is 2. The van der Waals surface area contributed by atoms with Crippen molar-refractivity contribution < 1.29 is 32.7 Å². The van der Waals surface area contributed by atoms with Gasteiger partial charge < -0.3 is 29.9 Å². The maximum Gasteiger partial charge on any atom is 0.407 e. The molecule has 2 fully saturated rings. The lowest BCUT2D eigenvalue weighted by atomic mass is 9.93. The molecule has 2 aliphatic rings. The molecule has 7 rings (SSSR count). The van der Waals surface area contributed by atoms with E-state index in [1.54, 1.807) is 22.7 Å². The van der Waals surface area contributed by atoms with E-state index in [4.69, 9.17) is 4.74 Å². The largest absolute Gasteiger partial charge is 0.465 e. The van der Waals surface area contributed by atoms with Crippen molar-refractivity contribution in [2.75, 3.05) is 51.6 Å². The number of nitrogens with one attached hydrogen (secondary N) is 2. The molecule has 2 aromatic carbocycles. The number of aromatic nitrogens is 5. The summed E-state index contributed by atoms with van der Waals surface area (Å²) in [6.07, 6.45) is 10.2. The number of likely N-dealkylation sites (tertiary alicyclic amines) is 2. The average molecular weight is 855 g/mol. The minimum atomic E-state index is -1.18. The van der Waals surface area contributed by atoms with Gasteiger partial charge in [-0.25, -0.2) is 29.1 Å². The van der Waals surface area contributed by atoms with Gasteiger partial charge in [0.2, 0.25) is 5.82 Å². The lowest BCUT2D eigenvalue weighted by molar-refractivity contribution is -0.918. The number of quaternary nitrogens is 1. The summed E-state index contributed by atoms with van der Waals surface area (Å²) in [6.45, 7) is 6.86. The molecule has 16 heteroatoms. The van der Waals surface area contributed by atoms with Crippen molar-refractivity contribution in [2.45, 2.75) is 32.6 Å². The van der Waals surface area contributed by atoms with Crippen LogP contribution in [-0.2, 0) is 6.42 Å². The van der Waals surface area contributed by atoms with E-state index in [2.05, 4.69) is 37.6 Å². The highest BCUT2D eigenvalue weighted by molar-refractivity contribution is 14.0. The lowest BCUT2D eigenvalue weighted by Crippen LogP contribution is -2.53. The monoisotopic (exact) mass is 854 g/mol. The third-order valence-electron chi connectivity index (χ3n) is 10.4. The van der Waals surface area contributed by atoms with Crippen LogP contribution in [0.1, 0.15) is 42.1 Å². The van der Waals surface area contributed by atoms with Gasteiger partial charge in [0, 0.05) is 80.0 Å². The third kappa shape index (κ3) is 8.38. The number of carbonyl (C=O) groups is 2. The molecule has 54 heavy (non-hydrogen) atoms. The van der Waals surface area contributed by atoms with Crippen molar-refractivity contribution in [3.05, 3.63) is 90.1 Å². The zero-order valence-electron chi connectivity index (χ0n) is 30.0. The molecule has 0 spiro atoms. The second-order valence-corrected chi connectivity index (χ2v) is 14.1. The fourth-order valence-electron chi connectivity index (χ4n) is 7.52. The number of amides is 2. The van der Waals surface area contributed by atoms with Gasteiger partial charge in [-0.05, 0) is 60.7 Å². The van der Waals surface area contributed by atoms with E-state index in [1.165, 1.54) is 41.8 Å². The number of halogens is 3. The number of aryl methyl sites for hydroxylation is 1. The van der Waals surface area contributed by atoms with E-state index in [-0.39, 0.29) is 47.2 Å². The maximum atomic E-state index is 15.4. The Kier molecular flexibility index (Phi) is 11.9. The standard InChI is InChI=1S/C38H41F2N9O4.HI/c1-3-26-19-27(5-6-28(26)36(50)45-20-24-10-17-49(2,18-11-24)23-25-9-15-47(22-25)38(51)52)46-34-35-44-21-30(48(35)16-14-41-34)29-7-8-31(33(40)32(29)39)53-37-42-12-4-13-43-37;/h4-8,12-14,16,19,21,24-25H,3,9-11,15,17-18,20,22-23H2,1-2H3,(H2-,41,45,46,50,51,52);1H/p+1. The van der Waals surface area contributed by atoms with Crippen LogP contribution in [0.25, 0.3) is 16.9 Å². The highest BCUT2D eigenvalue weighted by Gasteiger charge is 2.36. The molecule has 1 atom stereocenters. The number of rotatable bonds is 11. The highest BCUT2D eigenvalue weighted by Crippen LogP contribution is 2.33. The van der Waals surface area contributed by atoms with Gasteiger partial charge in [0.25, 0.3) is 5.91 Å². The number of fused-ring (bicyclic) bond motifs is 1. The smallest absolute Gasteiger partial charge is 0.407 e. The zero-order valence-corrected chi connectivity index (χ0v) is 32.4. The Labute approximate surface area is 328 Å². The van der Waals surface area contributed by atoms with Gasteiger partial charge in [-0.2, -0.15) is 4.39 Å². The van der Waals surface area contributed by atoms with Gasteiger partial charge in [0.05, 0.1) is 38.6 Å². The number of nitrogens with zero attached hydrogens (tertiary/aromatic N) is 7. The number of benzene rings is 2. The normalized spacial score (nSPS) is 19.7. The van der Waals surface area contributed by atoms with Gasteiger partial charge in [-0.1, -0.05) is 6.92 Å². The SMILES string of the molecule is CCc1cc(Nc2nccn3c(-c4ccc(Oc5ncccn5)c(F)c4F)cnc23)ccc1C(=O)NCC1CC[N+](C)(CC2CCN(C(=O)O)C2)CC1.I. The van der Waals surface area contributed by atoms with Crippen molar-refractivity contribution in [1.82, 2.24) is 34.6 Å². The van der Waals surface area contributed by atoms with E-state index in [9.17, 15) is 14.7 Å². The van der Waals surface area contributed by atoms with Crippen molar-refractivity contribution in [1.29, 1.82) is 0 Å². The molecule has 0 saturated carbocycles. The van der Waals surface area contributed by atoms with Crippen LogP contribution >= 0.6 is 24.0 Å². The van der Waals surface area contributed by atoms with Crippen LogP contribution in [0.5, 0.6) is 11.8 Å². The Bertz CT molecular complexity index is 2130. The Morgan fingerprint density at radius 1 is 1.00 bits per heavy atom. The van der Waals surface area contributed by atoms with Crippen LogP contribution in [0.15, 0.2) is 67.4 Å². The summed E-state index contributed by atoms with van der Waals surface area (Å²) in [5, 5.41) is 15.7. The predicted octanol–water partition coefficient (Wildman–Crippen LogP) is 6.77. The molecule has 0 aliphatic carbocycles. The molecule has 2 amide bonds. The summed E-state index contributed by atoms with van der Waals surface area (Å²) in [5.41, 5.74) is 2.86. The molecule has 0 radical (unpaired) electrons. The summed E-state index contributed by atoms with van der Waals surface area (Å²) in [5.74, 6) is -1.56. The molecular weight excluding hydrogens is 811 g/mol. The summed E-state index contributed by atoms with van der Waals surface area (Å²) < 4.78 is 38.3. The molecule has 5 heterocycles. The minimum absolute atomic E-state index is 0. The molecule has 3 aromatic heterocycles. The number of piperidine rings is 1. The van der Waals surface area contributed by atoms with Crippen LogP contribution in [0, 0.1) is 23.5 Å². The van der Waals surface area contributed by atoms with Gasteiger partial charge >= 0.3 is 12.1 Å².